The summed E-state index contributed by atoms with van der Waals surface area (Å²) in [5.41, 5.74) is 9.25. The minimum absolute atomic E-state index is 0.00900. The standard InChI is InChI=1S/C19H29NO/c1-14-6-5-11-19(13-14,21-2)18(20)17-10-4-9-16(12-17)15-7-3-8-15/h4,9-10,12,14-15,18H,3,5-8,11,13,20H2,1-2H3. The number of methoxy groups -OCH3 is 1. The Balaban J connectivity index is 1.83. The van der Waals surface area contributed by atoms with Crippen LogP contribution in [0.25, 0.3) is 0 Å². The van der Waals surface area contributed by atoms with Gasteiger partial charge in [-0.1, -0.05) is 50.5 Å². The largest absolute Gasteiger partial charge is 0.376 e. The lowest BCUT2D eigenvalue weighted by Crippen LogP contribution is -2.46. The second-order valence-corrected chi connectivity index (χ2v) is 7.25. The third kappa shape index (κ3) is 2.89. The van der Waals surface area contributed by atoms with Crippen LogP contribution in [0, 0.1) is 5.92 Å². The van der Waals surface area contributed by atoms with E-state index in [9.17, 15) is 0 Å². The van der Waals surface area contributed by atoms with Gasteiger partial charge < -0.3 is 10.5 Å². The van der Waals surface area contributed by atoms with Crippen LogP contribution in [0.4, 0.5) is 0 Å². The zero-order chi connectivity index (χ0) is 14.9. The fourth-order valence-electron chi connectivity index (χ4n) is 4.19. The van der Waals surface area contributed by atoms with Crippen molar-refractivity contribution >= 4 is 0 Å². The summed E-state index contributed by atoms with van der Waals surface area (Å²) in [6.45, 7) is 2.32. The quantitative estimate of drug-likeness (QED) is 0.881. The molecule has 0 heterocycles. The first-order valence-corrected chi connectivity index (χ1v) is 8.55. The number of benzene rings is 1. The molecule has 3 atom stereocenters. The summed E-state index contributed by atoms with van der Waals surface area (Å²) in [5, 5.41) is 0. The van der Waals surface area contributed by atoms with Gasteiger partial charge in [-0.3, -0.25) is 0 Å². The lowest BCUT2D eigenvalue weighted by atomic mass is 9.72. The van der Waals surface area contributed by atoms with Crippen LogP contribution in [-0.2, 0) is 4.74 Å². The molecule has 0 bridgehead atoms. The summed E-state index contributed by atoms with van der Waals surface area (Å²) in [4.78, 5) is 0. The van der Waals surface area contributed by atoms with Crippen molar-refractivity contribution in [3.8, 4) is 0 Å². The Kier molecular flexibility index (Phi) is 4.37. The zero-order valence-electron chi connectivity index (χ0n) is 13.5. The van der Waals surface area contributed by atoms with E-state index in [-0.39, 0.29) is 11.6 Å². The third-order valence-corrected chi connectivity index (χ3v) is 5.81. The molecule has 2 saturated carbocycles. The van der Waals surface area contributed by atoms with Crippen LogP contribution in [0.3, 0.4) is 0 Å². The highest BCUT2D eigenvalue weighted by Crippen LogP contribution is 2.43. The van der Waals surface area contributed by atoms with Crippen molar-refractivity contribution in [1.29, 1.82) is 0 Å². The lowest BCUT2D eigenvalue weighted by Gasteiger charge is -2.43. The molecule has 2 aliphatic carbocycles. The molecule has 2 fully saturated rings. The van der Waals surface area contributed by atoms with Gasteiger partial charge in [0.05, 0.1) is 11.6 Å². The normalized spacial score (nSPS) is 31.7. The van der Waals surface area contributed by atoms with Crippen LogP contribution < -0.4 is 5.73 Å². The van der Waals surface area contributed by atoms with Gasteiger partial charge >= 0.3 is 0 Å². The number of rotatable bonds is 4. The zero-order valence-corrected chi connectivity index (χ0v) is 13.5. The molecule has 116 valence electrons. The van der Waals surface area contributed by atoms with Crippen molar-refractivity contribution in [2.75, 3.05) is 7.11 Å². The van der Waals surface area contributed by atoms with Gasteiger partial charge in [0.1, 0.15) is 0 Å². The first-order valence-electron chi connectivity index (χ1n) is 8.55. The number of hydrogen-bond donors (Lipinski definition) is 1. The van der Waals surface area contributed by atoms with Gasteiger partial charge in [0, 0.05) is 7.11 Å². The van der Waals surface area contributed by atoms with E-state index < -0.39 is 0 Å². The van der Waals surface area contributed by atoms with Crippen LogP contribution in [0.1, 0.15) is 75.0 Å². The fourth-order valence-corrected chi connectivity index (χ4v) is 4.19. The van der Waals surface area contributed by atoms with E-state index in [1.54, 1.807) is 0 Å². The van der Waals surface area contributed by atoms with Gasteiger partial charge in [-0.25, -0.2) is 0 Å². The van der Waals surface area contributed by atoms with Crippen molar-refractivity contribution in [3.63, 3.8) is 0 Å². The van der Waals surface area contributed by atoms with E-state index in [2.05, 4.69) is 31.2 Å². The predicted octanol–water partition coefficient (Wildman–Crippen LogP) is 4.55. The van der Waals surface area contributed by atoms with E-state index in [1.807, 2.05) is 7.11 Å². The van der Waals surface area contributed by atoms with Gasteiger partial charge in [0.15, 0.2) is 0 Å². The molecule has 3 rings (SSSR count). The molecular formula is C19H29NO. The molecule has 2 aliphatic rings. The summed E-state index contributed by atoms with van der Waals surface area (Å²) in [5.74, 6) is 1.47. The Morgan fingerprint density at radius 1 is 1.24 bits per heavy atom. The van der Waals surface area contributed by atoms with E-state index in [0.717, 1.165) is 18.8 Å². The van der Waals surface area contributed by atoms with Gasteiger partial charge in [0.2, 0.25) is 0 Å². The maximum atomic E-state index is 6.68. The molecule has 2 heteroatoms. The summed E-state index contributed by atoms with van der Waals surface area (Å²) < 4.78 is 5.98. The maximum Gasteiger partial charge on any atom is 0.0872 e. The van der Waals surface area contributed by atoms with Gasteiger partial charge in [-0.15, -0.1) is 0 Å². The molecular weight excluding hydrogens is 258 g/mol. The summed E-state index contributed by atoms with van der Waals surface area (Å²) in [7, 11) is 1.84. The van der Waals surface area contributed by atoms with E-state index in [0.29, 0.717) is 5.92 Å². The monoisotopic (exact) mass is 287 g/mol. The number of hydrogen-bond acceptors (Lipinski definition) is 2. The SMILES string of the molecule is COC1(C(N)c2cccc(C3CCC3)c2)CCCC(C)C1. The summed E-state index contributed by atoms with van der Waals surface area (Å²) >= 11 is 0. The molecule has 2 N–H and O–H groups in total. The molecule has 2 nitrogen and oxygen atoms in total. The molecule has 1 aromatic rings. The highest BCUT2D eigenvalue weighted by molar-refractivity contribution is 5.31. The summed E-state index contributed by atoms with van der Waals surface area (Å²) in [6, 6.07) is 8.97. The molecule has 0 aromatic heterocycles. The first kappa shape index (κ1) is 15.1. The van der Waals surface area contributed by atoms with Crippen LogP contribution >= 0.6 is 0 Å². The maximum absolute atomic E-state index is 6.68. The predicted molar refractivity (Wildman–Crippen MR) is 87.3 cm³/mol. The molecule has 0 aliphatic heterocycles. The van der Waals surface area contributed by atoms with E-state index in [4.69, 9.17) is 10.5 Å². The van der Waals surface area contributed by atoms with Gasteiger partial charge in [-0.05, 0) is 48.6 Å². The summed E-state index contributed by atoms with van der Waals surface area (Å²) in [6.07, 6.45) is 8.75. The Hall–Kier alpha value is -0.860. The van der Waals surface area contributed by atoms with Gasteiger partial charge in [-0.2, -0.15) is 0 Å². The van der Waals surface area contributed by atoms with Crippen molar-refractivity contribution in [2.24, 2.45) is 11.7 Å². The number of ether oxygens (including phenoxy) is 1. The lowest BCUT2D eigenvalue weighted by molar-refractivity contribution is -0.0718. The third-order valence-electron chi connectivity index (χ3n) is 5.81. The minimum Gasteiger partial charge on any atom is -0.376 e. The molecule has 3 unspecified atom stereocenters. The van der Waals surface area contributed by atoms with Crippen LogP contribution in [0.15, 0.2) is 24.3 Å². The molecule has 0 saturated heterocycles. The van der Waals surface area contributed by atoms with E-state index in [1.165, 1.54) is 43.2 Å². The molecule has 0 radical (unpaired) electrons. The average Bonchev–Trinajstić information content (AvgIpc) is 2.45. The van der Waals surface area contributed by atoms with Crippen molar-refractivity contribution in [1.82, 2.24) is 0 Å². The average molecular weight is 287 g/mol. The van der Waals surface area contributed by atoms with E-state index >= 15 is 0 Å². The fraction of sp³-hybridized carbons (Fsp3) is 0.684. The van der Waals surface area contributed by atoms with Crippen molar-refractivity contribution < 1.29 is 4.74 Å². The Morgan fingerprint density at radius 2 is 2.05 bits per heavy atom. The first-order chi connectivity index (χ1) is 10.1. The second-order valence-electron chi connectivity index (χ2n) is 7.25. The molecule has 21 heavy (non-hydrogen) atoms. The Bertz CT molecular complexity index is 482. The topological polar surface area (TPSA) is 35.2 Å². The van der Waals surface area contributed by atoms with Crippen LogP contribution in [0.5, 0.6) is 0 Å². The van der Waals surface area contributed by atoms with Crippen molar-refractivity contribution in [2.45, 2.75) is 69.4 Å². The highest BCUT2D eigenvalue weighted by Gasteiger charge is 2.41. The Labute approximate surface area is 129 Å². The Morgan fingerprint density at radius 3 is 2.67 bits per heavy atom. The number of nitrogens with two attached hydrogens (primary N) is 1. The second kappa shape index (κ2) is 6.10. The molecule has 0 amide bonds. The van der Waals surface area contributed by atoms with Gasteiger partial charge in [0.25, 0.3) is 0 Å². The smallest absolute Gasteiger partial charge is 0.0872 e. The molecule has 1 aromatic carbocycles. The van der Waals surface area contributed by atoms with Crippen LogP contribution in [-0.4, -0.2) is 12.7 Å². The molecule has 0 spiro atoms. The van der Waals surface area contributed by atoms with Crippen molar-refractivity contribution in [3.05, 3.63) is 35.4 Å². The highest BCUT2D eigenvalue weighted by atomic mass is 16.5. The van der Waals surface area contributed by atoms with Crippen LogP contribution in [0.2, 0.25) is 0 Å². The minimum atomic E-state index is -0.171.